The Morgan fingerprint density at radius 2 is 1.52 bits per heavy atom. The van der Waals surface area contributed by atoms with E-state index in [0.717, 1.165) is 6.42 Å². The molecule has 0 aliphatic heterocycles. The Morgan fingerprint density at radius 1 is 1.00 bits per heavy atom. The number of terminal acetylenes is 1. The van der Waals surface area contributed by atoms with Crippen LogP contribution < -0.4 is 0 Å². The Bertz CT molecular complexity index is 729. The molecule has 0 fully saturated rings. The second-order valence-electron chi connectivity index (χ2n) is 9.99. The molecule has 0 heterocycles. The highest BCUT2D eigenvalue weighted by molar-refractivity contribution is 5.71. The normalized spacial score (nSPS) is 15.2. The van der Waals surface area contributed by atoms with Gasteiger partial charge in [-0.2, -0.15) is 0 Å². The summed E-state index contributed by atoms with van der Waals surface area (Å²) in [5.74, 6) is 4.45. The van der Waals surface area contributed by atoms with Crippen molar-refractivity contribution in [3.05, 3.63) is 41.1 Å². The van der Waals surface area contributed by atoms with Gasteiger partial charge < -0.3 is 4.90 Å². The zero-order chi connectivity index (χ0) is 24.5. The smallest absolute Gasteiger partial charge is 0.0924 e. The highest BCUT2D eigenvalue weighted by atomic mass is 15.2. The number of hydrogen-bond donors (Lipinski definition) is 0. The van der Waals surface area contributed by atoms with E-state index in [0.29, 0.717) is 23.8 Å². The van der Waals surface area contributed by atoms with Crippen molar-refractivity contribution in [2.24, 2.45) is 17.8 Å². The molecule has 0 saturated heterocycles. The Morgan fingerprint density at radius 3 is 1.87 bits per heavy atom. The fraction of sp³-hybridized carbons (Fsp3) is 0.667. The molecule has 0 amide bonds. The van der Waals surface area contributed by atoms with Crippen LogP contribution in [0.3, 0.4) is 0 Å². The Kier molecular flexibility index (Phi) is 12.3. The van der Waals surface area contributed by atoms with Gasteiger partial charge in [-0.1, -0.05) is 99.4 Å². The van der Waals surface area contributed by atoms with Crippen molar-refractivity contribution >= 4 is 5.57 Å². The van der Waals surface area contributed by atoms with E-state index in [1.54, 1.807) is 0 Å². The second kappa shape index (κ2) is 13.0. The molecule has 0 aliphatic carbocycles. The van der Waals surface area contributed by atoms with E-state index >= 15 is 0 Å². The van der Waals surface area contributed by atoms with Gasteiger partial charge in [-0.25, -0.2) is 0 Å². The molecule has 1 nitrogen and oxygen atoms in total. The zero-order valence-corrected chi connectivity index (χ0v) is 22.9. The van der Waals surface area contributed by atoms with Gasteiger partial charge in [0.05, 0.1) is 6.04 Å². The van der Waals surface area contributed by atoms with Crippen LogP contribution >= 0.6 is 0 Å². The van der Waals surface area contributed by atoms with Crippen molar-refractivity contribution in [2.75, 3.05) is 0 Å². The van der Waals surface area contributed by atoms with Gasteiger partial charge in [0.1, 0.15) is 0 Å². The van der Waals surface area contributed by atoms with Gasteiger partial charge in [0.15, 0.2) is 0 Å². The third-order valence-electron chi connectivity index (χ3n) is 6.82. The summed E-state index contributed by atoms with van der Waals surface area (Å²) >= 11 is 0. The van der Waals surface area contributed by atoms with Crippen molar-refractivity contribution in [3.63, 3.8) is 0 Å². The Labute approximate surface area is 195 Å². The fourth-order valence-corrected chi connectivity index (χ4v) is 4.62. The maximum Gasteiger partial charge on any atom is 0.0924 e. The summed E-state index contributed by atoms with van der Waals surface area (Å²) < 4.78 is 0. The standard InChI is InChI=1S/C28H45N.C2H6/c1-13-26(19(3)4)29(22(9)10)27(20(5)6)23(11)24-17-15-16-18-25(24)28(12,14-2)21(7)8;1-2/h1,15-22,26H,14H2,2-12H3;1-2H3/b27-23+;. The molecule has 1 heteroatoms. The molecular weight excluding hydrogens is 374 g/mol. The molecular formula is C30H51N. The van der Waals surface area contributed by atoms with Gasteiger partial charge in [-0.3, -0.25) is 0 Å². The number of rotatable bonds is 9. The van der Waals surface area contributed by atoms with Crippen molar-refractivity contribution in [1.82, 2.24) is 4.90 Å². The summed E-state index contributed by atoms with van der Waals surface area (Å²) in [5, 5.41) is 0. The van der Waals surface area contributed by atoms with Gasteiger partial charge in [0.2, 0.25) is 0 Å². The van der Waals surface area contributed by atoms with Gasteiger partial charge in [-0.05, 0) is 67.1 Å². The molecule has 1 rings (SSSR count). The minimum Gasteiger partial charge on any atom is -0.358 e. The van der Waals surface area contributed by atoms with E-state index in [1.165, 1.54) is 22.4 Å². The minimum atomic E-state index is 0.0946. The lowest BCUT2D eigenvalue weighted by Crippen LogP contribution is -2.43. The minimum absolute atomic E-state index is 0.0946. The van der Waals surface area contributed by atoms with Crippen LogP contribution in [0.5, 0.6) is 0 Å². The summed E-state index contributed by atoms with van der Waals surface area (Å²) in [6.07, 6.45) is 7.16. The third kappa shape index (κ3) is 6.65. The summed E-state index contributed by atoms with van der Waals surface area (Å²) in [7, 11) is 0. The first-order valence-corrected chi connectivity index (χ1v) is 12.5. The molecule has 0 N–H and O–H groups in total. The second-order valence-corrected chi connectivity index (χ2v) is 9.99. The monoisotopic (exact) mass is 425 g/mol. The maximum atomic E-state index is 6.04. The molecule has 0 radical (unpaired) electrons. The van der Waals surface area contributed by atoms with Gasteiger partial charge >= 0.3 is 0 Å². The lowest BCUT2D eigenvalue weighted by atomic mass is 9.69. The maximum absolute atomic E-state index is 6.04. The first-order chi connectivity index (χ1) is 14.4. The van der Waals surface area contributed by atoms with E-state index in [1.807, 2.05) is 13.8 Å². The summed E-state index contributed by atoms with van der Waals surface area (Å²) in [5.41, 5.74) is 5.72. The number of allylic oxidation sites excluding steroid dienone is 2. The van der Waals surface area contributed by atoms with Crippen LogP contribution in [0.15, 0.2) is 30.0 Å². The molecule has 176 valence electrons. The van der Waals surface area contributed by atoms with Gasteiger partial charge in [0, 0.05) is 11.7 Å². The quantitative estimate of drug-likeness (QED) is 0.357. The Balaban J connectivity index is 0.00000436. The van der Waals surface area contributed by atoms with Crippen LogP contribution in [0.25, 0.3) is 5.57 Å². The predicted octanol–water partition coefficient (Wildman–Crippen LogP) is 8.79. The highest BCUT2D eigenvalue weighted by Crippen LogP contribution is 2.41. The van der Waals surface area contributed by atoms with E-state index in [-0.39, 0.29) is 11.5 Å². The first-order valence-electron chi connectivity index (χ1n) is 12.5. The van der Waals surface area contributed by atoms with Crippen LogP contribution in [0.2, 0.25) is 0 Å². The largest absolute Gasteiger partial charge is 0.358 e. The molecule has 0 aromatic heterocycles. The fourth-order valence-electron chi connectivity index (χ4n) is 4.62. The summed E-state index contributed by atoms with van der Waals surface area (Å²) in [4.78, 5) is 2.50. The molecule has 0 bridgehead atoms. The van der Waals surface area contributed by atoms with Crippen molar-refractivity contribution < 1.29 is 0 Å². The molecule has 2 atom stereocenters. The van der Waals surface area contributed by atoms with E-state index in [9.17, 15) is 0 Å². The van der Waals surface area contributed by atoms with E-state index in [4.69, 9.17) is 6.42 Å². The van der Waals surface area contributed by atoms with Crippen molar-refractivity contribution in [2.45, 2.75) is 114 Å². The molecule has 2 unspecified atom stereocenters. The molecule has 0 saturated carbocycles. The molecule has 0 spiro atoms. The zero-order valence-electron chi connectivity index (χ0n) is 22.9. The van der Waals surface area contributed by atoms with Crippen LogP contribution in [0, 0.1) is 30.1 Å². The molecule has 31 heavy (non-hydrogen) atoms. The molecule has 1 aromatic carbocycles. The summed E-state index contributed by atoms with van der Waals surface area (Å²) in [6, 6.07) is 9.45. The van der Waals surface area contributed by atoms with Crippen molar-refractivity contribution in [3.8, 4) is 12.3 Å². The number of nitrogens with zero attached hydrogens (tertiary/aromatic N) is 1. The van der Waals surface area contributed by atoms with Crippen LogP contribution in [0.4, 0.5) is 0 Å². The van der Waals surface area contributed by atoms with Crippen LogP contribution in [-0.4, -0.2) is 17.0 Å². The van der Waals surface area contributed by atoms with Gasteiger partial charge in [0.25, 0.3) is 0 Å². The molecule has 0 aliphatic rings. The van der Waals surface area contributed by atoms with E-state index in [2.05, 4.69) is 111 Å². The SMILES string of the molecule is C#CC(C(C)C)N(/C(=C(\C)c1ccccc1C(C)(CC)C(C)C)C(C)C)C(C)C.CC. The van der Waals surface area contributed by atoms with Crippen molar-refractivity contribution in [1.29, 1.82) is 0 Å². The predicted molar refractivity (Wildman–Crippen MR) is 142 cm³/mol. The average Bonchev–Trinajstić information content (AvgIpc) is 2.73. The number of benzene rings is 1. The topological polar surface area (TPSA) is 3.24 Å². The van der Waals surface area contributed by atoms with E-state index < -0.39 is 0 Å². The Hall–Kier alpha value is -1.68. The highest BCUT2D eigenvalue weighted by Gasteiger charge is 2.33. The van der Waals surface area contributed by atoms with Crippen LogP contribution in [-0.2, 0) is 5.41 Å². The lowest BCUT2D eigenvalue weighted by molar-refractivity contribution is 0.189. The van der Waals surface area contributed by atoms with Crippen LogP contribution in [0.1, 0.15) is 108 Å². The first kappa shape index (κ1) is 29.3. The third-order valence-corrected chi connectivity index (χ3v) is 6.82. The average molecular weight is 426 g/mol. The molecule has 1 aromatic rings. The van der Waals surface area contributed by atoms with Gasteiger partial charge in [-0.15, -0.1) is 6.42 Å². The summed E-state index contributed by atoms with van der Waals surface area (Å²) in [6.45, 7) is 29.3. The lowest BCUT2D eigenvalue weighted by Gasteiger charge is -2.42. The number of hydrogen-bond acceptors (Lipinski definition) is 1.